The van der Waals surface area contributed by atoms with Crippen LogP contribution in [0.1, 0.15) is 64.5 Å². The van der Waals surface area contributed by atoms with Crippen molar-refractivity contribution in [1.82, 2.24) is 29.6 Å². The number of hydrogen-bond donors (Lipinski definition) is 0. The molecule has 1 amide bonds. The second-order valence-electron chi connectivity index (χ2n) is 10.2. The van der Waals surface area contributed by atoms with Crippen molar-refractivity contribution in [2.24, 2.45) is 0 Å². The number of amides is 1. The van der Waals surface area contributed by atoms with Crippen LogP contribution in [0.5, 0.6) is 0 Å². The van der Waals surface area contributed by atoms with E-state index in [1.54, 1.807) is 17.0 Å². The summed E-state index contributed by atoms with van der Waals surface area (Å²) < 4.78 is 48.0. The molecule has 9 nitrogen and oxygen atoms in total. The van der Waals surface area contributed by atoms with Crippen molar-refractivity contribution in [3.05, 3.63) is 59.4 Å². The molecule has 2 aromatic heterocycles. The number of aromatic nitrogens is 5. The maximum absolute atomic E-state index is 13.6. The Hall–Kier alpha value is -3.41. The molecule has 1 fully saturated rings. The largest absolute Gasteiger partial charge is 0.447 e. The standard InChI is InChI=1S/C27H33ClF3N7O2/c1-5-21-10-23(11-22(6-2)38(21)26(39)40-17(3)4)37(14-18-7-19(27(29,30)31)9-20(28)8-18)25-32-12-24(13-33-25)36-15-34-35-16-36/h7-9,12-13,15-17,21-23H,5-6,10-11,14H2,1-4H3/t21-,22+,23+. The van der Waals surface area contributed by atoms with Crippen LogP contribution >= 0.6 is 11.6 Å². The van der Waals surface area contributed by atoms with Gasteiger partial charge < -0.3 is 14.5 Å². The van der Waals surface area contributed by atoms with Crippen LogP contribution in [0.2, 0.25) is 5.02 Å². The number of ether oxygens (including phenoxy) is 1. The van der Waals surface area contributed by atoms with Gasteiger partial charge in [-0.25, -0.2) is 14.8 Å². The van der Waals surface area contributed by atoms with E-state index < -0.39 is 11.7 Å². The molecule has 0 N–H and O–H groups in total. The highest BCUT2D eigenvalue weighted by Crippen LogP contribution is 2.35. The molecule has 3 atom stereocenters. The third kappa shape index (κ3) is 6.83. The van der Waals surface area contributed by atoms with E-state index in [1.165, 1.54) is 18.7 Å². The third-order valence-electron chi connectivity index (χ3n) is 7.04. The summed E-state index contributed by atoms with van der Waals surface area (Å²) in [7, 11) is 0. The lowest BCUT2D eigenvalue weighted by atomic mass is 9.87. The molecule has 1 saturated heterocycles. The van der Waals surface area contributed by atoms with Crippen molar-refractivity contribution in [3.63, 3.8) is 0 Å². The highest BCUT2D eigenvalue weighted by molar-refractivity contribution is 6.30. The van der Waals surface area contributed by atoms with Crippen molar-refractivity contribution >= 4 is 23.6 Å². The zero-order valence-electron chi connectivity index (χ0n) is 22.8. The molecule has 40 heavy (non-hydrogen) atoms. The zero-order chi connectivity index (χ0) is 29.0. The zero-order valence-corrected chi connectivity index (χ0v) is 23.6. The number of nitrogens with zero attached hydrogens (tertiary/aromatic N) is 7. The summed E-state index contributed by atoms with van der Waals surface area (Å²) in [6, 6.07) is 3.14. The van der Waals surface area contributed by atoms with E-state index in [2.05, 4.69) is 20.2 Å². The third-order valence-corrected chi connectivity index (χ3v) is 7.26. The lowest BCUT2D eigenvalue weighted by molar-refractivity contribution is -0.137. The Balaban J connectivity index is 1.70. The first-order chi connectivity index (χ1) is 19.0. The molecule has 0 unspecified atom stereocenters. The highest BCUT2D eigenvalue weighted by Gasteiger charge is 2.41. The molecule has 0 spiro atoms. The number of rotatable bonds is 8. The second kappa shape index (κ2) is 12.4. The summed E-state index contributed by atoms with van der Waals surface area (Å²) in [5, 5.41) is 7.59. The van der Waals surface area contributed by atoms with Gasteiger partial charge in [-0.05, 0) is 63.3 Å². The van der Waals surface area contributed by atoms with Crippen LogP contribution in [-0.2, 0) is 17.5 Å². The molecule has 4 rings (SSSR count). The van der Waals surface area contributed by atoms with Crippen molar-refractivity contribution in [3.8, 4) is 5.69 Å². The van der Waals surface area contributed by atoms with E-state index in [0.717, 1.165) is 12.1 Å². The average molecular weight is 580 g/mol. The molecular weight excluding hydrogens is 547 g/mol. The van der Waals surface area contributed by atoms with Gasteiger partial charge in [0, 0.05) is 29.7 Å². The topological polar surface area (TPSA) is 89.3 Å². The van der Waals surface area contributed by atoms with E-state index in [1.807, 2.05) is 37.5 Å². The molecule has 216 valence electrons. The number of likely N-dealkylation sites (tertiary alicyclic amines) is 1. The first kappa shape index (κ1) is 29.6. The van der Waals surface area contributed by atoms with Crippen molar-refractivity contribution in [2.75, 3.05) is 4.90 Å². The number of carbonyl (C=O) groups excluding carboxylic acids is 1. The van der Waals surface area contributed by atoms with Crippen LogP contribution in [-0.4, -0.2) is 60.0 Å². The number of hydrogen-bond acceptors (Lipinski definition) is 7. The maximum atomic E-state index is 13.6. The normalized spacial score (nSPS) is 19.6. The summed E-state index contributed by atoms with van der Waals surface area (Å²) in [5.74, 6) is 0.360. The summed E-state index contributed by atoms with van der Waals surface area (Å²) in [6.45, 7) is 7.75. The fourth-order valence-corrected chi connectivity index (χ4v) is 5.44. The number of halogens is 4. The predicted molar refractivity (Wildman–Crippen MR) is 144 cm³/mol. The van der Waals surface area contributed by atoms with Crippen LogP contribution in [0.25, 0.3) is 5.69 Å². The maximum Gasteiger partial charge on any atom is 0.416 e. The summed E-state index contributed by atoms with van der Waals surface area (Å²) in [6.07, 6.45) is 3.65. The van der Waals surface area contributed by atoms with Crippen LogP contribution in [0, 0.1) is 0 Å². The average Bonchev–Trinajstić information content (AvgIpc) is 3.45. The molecule has 1 aliphatic heterocycles. The number of benzene rings is 1. The molecule has 0 saturated carbocycles. The molecule has 0 bridgehead atoms. The quantitative estimate of drug-likeness (QED) is 0.309. The van der Waals surface area contributed by atoms with E-state index in [9.17, 15) is 18.0 Å². The van der Waals surface area contributed by atoms with Gasteiger partial charge in [0.2, 0.25) is 5.95 Å². The Labute approximate surface area is 236 Å². The number of anilines is 1. The number of piperidine rings is 1. The molecule has 1 aliphatic rings. The fraction of sp³-hybridized carbons (Fsp3) is 0.519. The van der Waals surface area contributed by atoms with Crippen molar-refractivity contribution < 1.29 is 22.7 Å². The van der Waals surface area contributed by atoms with Crippen LogP contribution in [0.15, 0.2) is 43.2 Å². The first-order valence-corrected chi connectivity index (χ1v) is 13.7. The molecule has 3 heterocycles. The summed E-state index contributed by atoms with van der Waals surface area (Å²) in [5.41, 5.74) is 0.205. The van der Waals surface area contributed by atoms with Gasteiger partial charge >= 0.3 is 12.3 Å². The Kier molecular flexibility index (Phi) is 9.17. The minimum absolute atomic E-state index is 0.00207. The smallest absolute Gasteiger partial charge is 0.416 e. The Morgan fingerprint density at radius 1 is 1.07 bits per heavy atom. The van der Waals surface area contributed by atoms with Crippen LogP contribution in [0.4, 0.5) is 23.9 Å². The predicted octanol–water partition coefficient (Wildman–Crippen LogP) is 6.30. The number of alkyl halides is 3. The van der Waals surface area contributed by atoms with Crippen molar-refractivity contribution in [1.29, 1.82) is 0 Å². The van der Waals surface area contributed by atoms with E-state index in [0.29, 0.717) is 42.9 Å². The fourth-order valence-electron chi connectivity index (χ4n) is 5.19. The molecule has 13 heteroatoms. The first-order valence-electron chi connectivity index (χ1n) is 13.3. The van der Waals surface area contributed by atoms with Gasteiger partial charge in [-0.2, -0.15) is 13.2 Å². The minimum atomic E-state index is -4.54. The van der Waals surface area contributed by atoms with Gasteiger partial charge in [-0.15, -0.1) is 10.2 Å². The molecule has 1 aromatic carbocycles. The highest BCUT2D eigenvalue weighted by atomic mass is 35.5. The molecule has 3 aromatic rings. The lowest BCUT2D eigenvalue weighted by Gasteiger charge is -2.47. The van der Waals surface area contributed by atoms with Gasteiger partial charge in [-0.3, -0.25) is 4.57 Å². The monoisotopic (exact) mass is 579 g/mol. The van der Waals surface area contributed by atoms with E-state index in [-0.39, 0.29) is 41.9 Å². The lowest BCUT2D eigenvalue weighted by Crippen LogP contribution is -2.57. The van der Waals surface area contributed by atoms with Gasteiger partial charge in [0.05, 0.1) is 29.7 Å². The minimum Gasteiger partial charge on any atom is -0.447 e. The molecular formula is C27H33ClF3N7O2. The van der Waals surface area contributed by atoms with Gasteiger partial charge in [0.1, 0.15) is 12.7 Å². The van der Waals surface area contributed by atoms with Gasteiger partial charge in [0.15, 0.2) is 0 Å². The van der Waals surface area contributed by atoms with Crippen LogP contribution in [0.3, 0.4) is 0 Å². The Bertz CT molecular complexity index is 1260. The Morgan fingerprint density at radius 3 is 2.20 bits per heavy atom. The van der Waals surface area contributed by atoms with Crippen molar-refractivity contribution in [2.45, 2.75) is 90.3 Å². The van der Waals surface area contributed by atoms with Gasteiger partial charge in [-0.1, -0.05) is 25.4 Å². The van der Waals surface area contributed by atoms with E-state index >= 15 is 0 Å². The number of carbonyl (C=O) groups is 1. The van der Waals surface area contributed by atoms with E-state index in [4.69, 9.17) is 16.3 Å². The Morgan fingerprint density at radius 2 is 1.68 bits per heavy atom. The second-order valence-corrected chi connectivity index (χ2v) is 10.6. The SMILES string of the molecule is CC[C@@H]1C[C@H](N(Cc2cc(Cl)cc(C(F)(F)F)c2)c2ncc(-n3cnnc3)cn2)C[C@H](CC)N1C(=O)OC(C)C. The molecule has 0 aliphatic carbocycles. The summed E-state index contributed by atoms with van der Waals surface area (Å²) in [4.78, 5) is 25.9. The summed E-state index contributed by atoms with van der Waals surface area (Å²) >= 11 is 6.11. The van der Waals surface area contributed by atoms with Gasteiger partial charge in [0.25, 0.3) is 0 Å². The molecule has 0 radical (unpaired) electrons. The van der Waals surface area contributed by atoms with Crippen LogP contribution < -0.4 is 4.90 Å².